The summed E-state index contributed by atoms with van der Waals surface area (Å²) in [6, 6.07) is 8.26. The third-order valence-corrected chi connectivity index (χ3v) is 4.09. The molecule has 140 valence electrons. The Morgan fingerprint density at radius 1 is 1.19 bits per heavy atom. The molecule has 0 fully saturated rings. The maximum atomic E-state index is 13.9. The third-order valence-electron chi connectivity index (χ3n) is 3.76. The van der Waals surface area contributed by atoms with Crippen LogP contribution in [-0.4, -0.2) is 11.1 Å². The quantitative estimate of drug-likeness (QED) is 0.574. The highest BCUT2D eigenvalue weighted by Crippen LogP contribution is 2.34. The van der Waals surface area contributed by atoms with Gasteiger partial charge in [-0.15, -0.1) is 0 Å². The van der Waals surface area contributed by atoms with Crippen molar-refractivity contribution in [2.75, 3.05) is 5.32 Å². The lowest BCUT2D eigenvalue weighted by Gasteiger charge is -2.11. The number of carbonyl (C=O) groups excluding carboxylic acids is 1. The molecule has 0 aliphatic heterocycles. The van der Waals surface area contributed by atoms with Crippen LogP contribution in [0.15, 0.2) is 47.0 Å². The summed E-state index contributed by atoms with van der Waals surface area (Å²) in [6.45, 7) is 1.45. The van der Waals surface area contributed by atoms with E-state index >= 15 is 0 Å². The van der Waals surface area contributed by atoms with E-state index in [4.69, 9.17) is 16.1 Å². The second-order valence-electron chi connectivity index (χ2n) is 5.59. The van der Waals surface area contributed by atoms with Gasteiger partial charge in [0.1, 0.15) is 22.8 Å². The van der Waals surface area contributed by atoms with Crippen molar-refractivity contribution in [2.45, 2.75) is 13.1 Å². The number of amides is 1. The smallest absolute Gasteiger partial charge is 0.360 e. The molecule has 1 heterocycles. The molecular weight excluding hydrogens is 388 g/mol. The summed E-state index contributed by atoms with van der Waals surface area (Å²) in [5, 5.41) is 6.23. The van der Waals surface area contributed by atoms with Crippen LogP contribution in [0.5, 0.6) is 0 Å². The molecule has 4 nitrogen and oxygen atoms in total. The fraction of sp³-hybridized carbons (Fsp3) is 0.111. The van der Waals surface area contributed by atoms with Gasteiger partial charge in [-0.2, -0.15) is 13.2 Å². The Morgan fingerprint density at radius 2 is 1.89 bits per heavy atom. The fourth-order valence-corrected chi connectivity index (χ4v) is 2.68. The molecule has 3 aromatic rings. The predicted molar refractivity (Wildman–Crippen MR) is 91.0 cm³/mol. The number of hydrogen-bond acceptors (Lipinski definition) is 3. The highest BCUT2D eigenvalue weighted by atomic mass is 35.5. The maximum Gasteiger partial charge on any atom is 0.416 e. The van der Waals surface area contributed by atoms with Gasteiger partial charge in [0.2, 0.25) is 0 Å². The minimum Gasteiger partial charge on any atom is -0.360 e. The first kappa shape index (κ1) is 18.9. The molecule has 27 heavy (non-hydrogen) atoms. The first-order valence-electron chi connectivity index (χ1n) is 7.57. The van der Waals surface area contributed by atoms with E-state index in [-0.39, 0.29) is 17.0 Å². The van der Waals surface area contributed by atoms with Crippen LogP contribution in [0, 0.1) is 12.7 Å². The first-order valence-corrected chi connectivity index (χ1v) is 7.95. The van der Waals surface area contributed by atoms with Crippen molar-refractivity contribution in [1.29, 1.82) is 0 Å². The highest BCUT2D eigenvalue weighted by molar-refractivity contribution is 6.33. The average Bonchev–Trinajstić information content (AvgIpc) is 2.97. The molecular formula is C18H11ClF4N2O2. The van der Waals surface area contributed by atoms with Gasteiger partial charge in [-0.3, -0.25) is 4.79 Å². The van der Waals surface area contributed by atoms with E-state index in [9.17, 15) is 22.4 Å². The summed E-state index contributed by atoms with van der Waals surface area (Å²) in [6.07, 6.45) is -4.68. The Morgan fingerprint density at radius 3 is 2.56 bits per heavy atom. The van der Waals surface area contributed by atoms with Gasteiger partial charge >= 0.3 is 6.18 Å². The number of aromatic nitrogens is 1. The van der Waals surface area contributed by atoms with Crippen LogP contribution >= 0.6 is 11.6 Å². The second kappa shape index (κ2) is 7.03. The summed E-state index contributed by atoms with van der Waals surface area (Å²) < 4.78 is 57.4. The van der Waals surface area contributed by atoms with Gasteiger partial charge in [0, 0.05) is 5.56 Å². The molecule has 0 radical (unpaired) electrons. The number of hydrogen-bond donors (Lipinski definition) is 1. The van der Waals surface area contributed by atoms with E-state index in [2.05, 4.69) is 10.5 Å². The Labute approximate surface area is 155 Å². The van der Waals surface area contributed by atoms with E-state index in [1.807, 2.05) is 0 Å². The molecule has 9 heteroatoms. The fourth-order valence-electron chi connectivity index (χ4n) is 2.46. The molecule has 0 saturated carbocycles. The molecule has 0 unspecified atom stereocenters. The SMILES string of the molecule is Cc1onc(-c2ccccc2Cl)c1C(=O)Nc1cc(C(F)(F)F)ccc1F. The normalized spacial score (nSPS) is 11.5. The van der Waals surface area contributed by atoms with Crippen molar-refractivity contribution >= 4 is 23.2 Å². The van der Waals surface area contributed by atoms with Gasteiger partial charge in [0.15, 0.2) is 0 Å². The minimum atomic E-state index is -4.68. The molecule has 1 aromatic heterocycles. The summed E-state index contributed by atoms with van der Waals surface area (Å²) in [5.74, 6) is -1.78. The zero-order valence-corrected chi connectivity index (χ0v) is 14.5. The van der Waals surface area contributed by atoms with Gasteiger partial charge in [-0.05, 0) is 31.2 Å². The number of carbonyl (C=O) groups is 1. The monoisotopic (exact) mass is 398 g/mol. The van der Waals surface area contributed by atoms with E-state index < -0.39 is 29.2 Å². The lowest BCUT2D eigenvalue weighted by atomic mass is 10.1. The van der Waals surface area contributed by atoms with Crippen molar-refractivity contribution in [2.24, 2.45) is 0 Å². The van der Waals surface area contributed by atoms with Crippen molar-refractivity contribution in [3.05, 3.63) is 70.2 Å². The number of rotatable bonds is 3. The summed E-state index contributed by atoms with van der Waals surface area (Å²) in [4.78, 5) is 12.6. The number of aryl methyl sites for hydroxylation is 1. The number of nitrogens with one attached hydrogen (secondary N) is 1. The van der Waals surface area contributed by atoms with Crippen LogP contribution in [0.25, 0.3) is 11.3 Å². The Balaban J connectivity index is 2.00. The molecule has 1 N–H and O–H groups in total. The van der Waals surface area contributed by atoms with Crippen LogP contribution in [0.1, 0.15) is 21.7 Å². The standard InChI is InChI=1S/C18H11ClF4N2O2/c1-9-15(16(25-27-9)11-4-2-3-5-12(11)19)17(26)24-14-8-10(18(21,22)23)6-7-13(14)20/h2-8H,1H3,(H,24,26). The summed E-state index contributed by atoms with van der Waals surface area (Å²) in [7, 11) is 0. The lowest BCUT2D eigenvalue weighted by Crippen LogP contribution is -2.16. The molecule has 0 spiro atoms. The Kier molecular flexibility index (Phi) is 4.93. The number of nitrogens with zero attached hydrogens (tertiary/aromatic N) is 1. The summed E-state index contributed by atoms with van der Waals surface area (Å²) in [5.41, 5.74) is -1.26. The molecule has 0 aliphatic carbocycles. The molecule has 3 rings (SSSR count). The third kappa shape index (κ3) is 3.80. The zero-order valence-electron chi connectivity index (χ0n) is 13.7. The predicted octanol–water partition coefficient (Wildman–Crippen LogP) is 5.71. The largest absolute Gasteiger partial charge is 0.416 e. The van der Waals surface area contributed by atoms with Crippen LogP contribution in [0.4, 0.5) is 23.2 Å². The van der Waals surface area contributed by atoms with Crippen molar-refractivity contribution < 1.29 is 26.9 Å². The van der Waals surface area contributed by atoms with Gasteiger partial charge in [-0.1, -0.05) is 35.0 Å². The average molecular weight is 399 g/mol. The van der Waals surface area contributed by atoms with Gasteiger partial charge in [-0.25, -0.2) is 4.39 Å². The number of halogens is 5. The van der Waals surface area contributed by atoms with Crippen LogP contribution < -0.4 is 5.32 Å². The van der Waals surface area contributed by atoms with E-state index in [1.54, 1.807) is 24.3 Å². The Bertz CT molecular complexity index is 1010. The van der Waals surface area contributed by atoms with Crippen LogP contribution in [0.2, 0.25) is 5.02 Å². The Hall–Kier alpha value is -2.87. The molecule has 0 aliphatic rings. The second-order valence-corrected chi connectivity index (χ2v) is 6.00. The molecule has 1 amide bonds. The van der Waals surface area contributed by atoms with Gasteiger partial charge < -0.3 is 9.84 Å². The van der Waals surface area contributed by atoms with E-state index in [0.29, 0.717) is 28.8 Å². The van der Waals surface area contributed by atoms with E-state index in [0.717, 1.165) is 0 Å². The topological polar surface area (TPSA) is 55.1 Å². The summed E-state index contributed by atoms with van der Waals surface area (Å²) >= 11 is 6.10. The van der Waals surface area contributed by atoms with Crippen molar-refractivity contribution in [1.82, 2.24) is 5.16 Å². The van der Waals surface area contributed by atoms with Crippen LogP contribution in [0.3, 0.4) is 0 Å². The minimum absolute atomic E-state index is 0.0556. The molecule has 0 bridgehead atoms. The zero-order chi connectivity index (χ0) is 19.8. The molecule has 0 saturated heterocycles. The highest BCUT2D eigenvalue weighted by Gasteiger charge is 2.32. The number of alkyl halides is 3. The van der Waals surface area contributed by atoms with Crippen molar-refractivity contribution in [3.8, 4) is 11.3 Å². The first-order chi connectivity index (χ1) is 12.7. The maximum absolute atomic E-state index is 13.9. The molecule has 2 aromatic carbocycles. The van der Waals surface area contributed by atoms with Crippen molar-refractivity contribution in [3.63, 3.8) is 0 Å². The van der Waals surface area contributed by atoms with Crippen LogP contribution in [-0.2, 0) is 6.18 Å². The van der Waals surface area contributed by atoms with E-state index in [1.165, 1.54) is 6.92 Å². The van der Waals surface area contributed by atoms with Gasteiger partial charge in [0.05, 0.1) is 16.3 Å². The number of anilines is 1. The molecule has 0 atom stereocenters. The lowest BCUT2D eigenvalue weighted by molar-refractivity contribution is -0.137. The van der Waals surface area contributed by atoms with Gasteiger partial charge in [0.25, 0.3) is 5.91 Å². The number of benzene rings is 2.